The van der Waals surface area contributed by atoms with Crippen LogP contribution < -0.4 is 5.32 Å². The van der Waals surface area contributed by atoms with Gasteiger partial charge in [-0.25, -0.2) is 0 Å². The number of hydrogen-bond donors (Lipinski definition) is 1. The molecule has 2 aromatic rings. The number of nitrogens with one attached hydrogen (secondary N) is 1. The normalized spacial score (nSPS) is 15.9. The van der Waals surface area contributed by atoms with E-state index >= 15 is 0 Å². The molecule has 2 atom stereocenters. The highest BCUT2D eigenvalue weighted by molar-refractivity contribution is 5.95. The van der Waals surface area contributed by atoms with Crippen molar-refractivity contribution in [2.45, 2.75) is 46.3 Å². The lowest BCUT2D eigenvalue weighted by Gasteiger charge is -2.32. The lowest BCUT2D eigenvalue weighted by atomic mass is 9.94. The van der Waals surface area contributed by atoms with E-state index in [1.807, 2.05) is 62.4 Å². The number of aryl methyl sites for hydroxylation is 2. The summed E-state index contributed by atoms with van der Waals surface area (Å²) >= 11 is 0. The summed E-state index contributed by atoms with van der Waals surface area (Å²) in [6.07, 6.45) is 2.53. The van der Waals surface area contributed by atoms with Crippen molar-refractivity contribution in [1.29, 1.82) is 0 Å². The van der Waals surface area contributed by atoms with Gasteiger partial charge < -0.3 is 15.0 Å². The summed E-state index contributed by atoms with van der Waals surface area (Å²) in [5.41, 5.74) is 4.47. The van der Waals surface area contributed by atoms with E-state index in [0.717, 1.165) is 22.3 Å². The lowest BCUT2D eigenvalue weighted by Crippen LogP contribution is -2.35. The Balaban J connectivity index is 1.68. The molecule has 0 aromatic heterocycles. The minimum Gasteiger partial charge on any atom is -0.452 e. The molecule has 0 spiro atoms. The number of anilines is 1. The number of nitrogens with zero attached hydrogens (tertiary/aromatic N) is 1. The second-order valence-electron chi connectivity index (χ2n) is 7.53. The molecule has 6 heteroatoms. The van der Waals surface area contributed by atoms with Gasteiger partial charge in [0, 0.05) is 18.8 Å². The zero-order chi connectivity index (χ0) is 21.8. The number of fused-ring (bicyclic) bond motifs is 1. The van der Waals surface area contributed by atoms with Crippen LogP contribution >= 0.6 is 0 Å². The molecule has 1 aliphatic rings. The van der Waals surface area contributed by atoms with Crippen LogP contribution in [-0.4, -0.2) is 28.8 Å². The van der Waals surface area contributed by atoms with E-state index < -0.39 is 24.0 Å². The number of rotatable bonds is 5. The van der Waals surface area contributed by atoms with Crippen molar-refractivity contribution in [3.63, 3.8) is 0 Å². The van der Waals surface area contributed by atoms with Gasteiger partial charge in [0.05, 0.1) is 12.5 Å². The van der Waals surface area contributed by atoms with Gasteiger partial charge in [-0.15, -0.1) is 0 Å². The monoisotopic (exact) mass is 406 g/mol. The van der Waals surface area contributed by atoms with Crippen LogP contribution in [0.2, 0.25) is 0 Å². The Morgan fingerprint density at radius 1 is 1.13 bits per heavy atom. The van der Waals surface area contributed by atoms with Crippen molar-refractivity contribution >= 4 is 29.5 Å². The predicted octanol–water partition coefficient (Wildman–Crippen LogP) is 4.14. The maximum Gasteiger partial charge on any atom is 0.309 e. The number of amides is 2. The van der Waals surface area contributed by atoms with Crippen LogP contribution in [0.4, 0.5) is 5.69 Å². The fourth-order valence-corrected chi connectivity index (χ4v) is 3.47. The van der Waals surface area contributed by atoms with E-state index in [2.05, 4.69) is 5.32 Å². The van der Waals surface area contributed by atoms with Crippen LogP contribution in [0.1, 0.15) is 48.6 Å². The molecule has 1 heterocycles. The van der Waals surface area contributed by atoms with Crippen molar-refractivity contribution in [3.05, 3.63) is 70.9 Å². The van der Waals surface area contributed by atoms with Gasteiger partial charge in [-0.2, -0.15) is 0 Å². The number of esters is 1. The van der Waals surface area contributed by atoms with E-state index in [0.29, 0.717) is 5.69 Å². The number of carbonyl (C=O) groups is 3. The smallest absolute Gasteiger partial charge is 0.309 e. The van der Waals surface area contributed by atoms with Gasteiger partial charge in [0.15, 0.2) is 6.10 Å². The Morgan fingerprint density at radius 2 is 1.87 bits per heavy atom. The van der Waals surface area contributed by atoms with E-state index in [9.17, 15) is 14.4 Å². The Labute approximate surface area is 176 Å². The molecular formula is C24H26N2O4. The Kier molecular flexibility index (Phi) is 6.35. The molecular weight excluding hydrogens is 380 g/mol. The van der Waals surface area contributed by atoms with Gasteiger partial charge in [-0.3, -0.25) is 14.4 Å². The summed E-state index contributed by atoms with van der Waals surface area (Å²) in [6, 6.07) is 12.9. The van der Waals surface area contributed by atoms with Crippen molar-refractivity contribution in [1.82, 2.24) is 4.90 Å². The summed E-state index contributed by atoms with van der Waals surface area (Å²) in [5.74, 6) is -1.11. The first-order valence-electron chi connectivity index (χ1n) is 9.90. The molecule has 0 aliphatic carbocycles. The molecule has 30 heavy (non-hydrogen) atoms. The maximum atomic E-state index is 12.6. The van der Waals surface area contributed by atoms with E-state index in [-0.39, 0.29) is 12.3 Å². The number of ether oxygens (including phenoxy) is 1. The minimum atomic E-state index is -0.961. The third-order valence-electron chi connectivity index (χ3n) is 5.16. The van der Waals surface area contributed by atoms with E-state index in [4.69, 9.17) is 4.74 Å². The van der Waals surface area contributed by atoms with Gasteiger partial charge in [-0.1, -0.05) is 36.4 Å². The molecule has 0 unspecified atom stereocenters. The van der Waals surface area contributed by atoms with Crippen molar-refractivity contribution in [2.24, 2.45) is 0 Å². The lowest BCUT2D eigenvalue weighted by molar-refractivity contribution is -0.154. The van der Waals surface area contributed by atoms with Crippen LogP contribution in [0.3, 0.4) is 0 Å². The van der Waals surface area contributed by atoms with Crippen LogP contribution in [-0.2, 0) is 19.1 Å². The second kappa shape index (κ2) is 8.95. The summed E-state index contributed by atoms with van der Waals surface area (Å²) < 4.78 is 5.39. The molecule has 3 rings (SSSR count). The highest BCUT2D eigenvalue weighted by Crippen LogP contribution is 2.33. The topological polar surface area (TPSA) is 75.7 Å². The quantitative estimate of drug-likeness (QED) is 0.758. The van der Waals surface area contributed by atoms with Crippen molar-refractivity contribution in [3.8, 4) is 0 Å². The van der Waals surface area contributed by atoms with Gasteiger partial charge >= 0.3 is 5.97 Å². The molecule has 2 amide bonds. The fourth-order valence-electron chi connectivity index (χ4n) is 3.47. The van der Waals surface area contributed by atoms with Gasteiger partial charge in [0.25, 0.3) is 5.91 Å². The molecule has 1 N–H and O–H groups in total. The Morgan fingerprint density at radius 3 is 2.60 bits per heavy atom. The number of carbonyl (C=O) groups excluding carboxylic acids is 3. The fraction of sp³-hybridized carbons (Fsp3) is 0.292. The standard InChI is InChI=1S/C24H26N2O4/c1-15-9-10-16(2)21(13-15)25-24(29)17(3)30-23(28)14-22-20-8-6-5-7-19(20)11-12-26(22)18(4)27/h5-13,17,22H,14H2,1-4H3,(H,25,29)/t17-,22-/m1/s1. The zero-order valence-electron chi connectivity index (χ0n) is 17.6. The third-order valence-corrected chi connectivity index (χ3v) is 5.16. The van der Waals surface area contributed by atoms with Crippen molar-refractivity contribution < 1.29 is 19.1 Å². The molecule has 0 bridgehead atoms. The highest BCUT2D eigenvalue weighted by Gasteiger charge is 2.30. The van der Waals surface area contributed by atoms with Gasteiger partial charge in [0.2, 0.25) is 5.91 Å². The summed E-state index contributed by atoms with van der Waals surface area (Å²) in [7, 11) is 0. The predicted molar refractivity (Wildman–Crippen MR) is 115 cm³/mol. The van der Waals surface area contributed by atoms with Crippen LogP contribution in [0.15, 0.2) is 48.7 Å². The summed E-state index contributed by atoms with van der Waals surface area (Å²) in [4.78, 5) is 38.7. The molecule has 0 saturated carbocycles. The minimum absolute atomic E-state index is 0.0397. The van der Waals surface area contributed by atoms with E-state index in [1.54, 1.807) is 6.20 Å². The zero-order valence-corrected chi connectivity index (χ0v) is 17.6. The molecule has 0 saturated heterocycles. The van der Waals surface area contributed by atoms with Crippen LogP contribution in [0.25, 0.3) is 6.08 Å². The Bertz CT molecular complexity index is 1010. The van der Waals surface area contributed by atoms with Crippen molar-refractivity contribution in [2.75, 3.05) is 5.32 Å². The van der Waals surface area contributed by atoms with Crippen LogP contribution in [0.5, 0.6) is 0 Å². The van der Waals surface area contributed by atoms with Crippen LogP contribution in [0, 0.1) is 13.8 Å². The maximum absolute atomic E-state index is 12.6. The molecule has 0 radical (unpaired) electrons. The SMILES string of the molecule is CC(=O)N1C=Cc2ccccc2[C@H]1CC(=O)O[C@H](C)C(=O)Nc1cc(C)ccc1C. The number of hydrogen-bond acceptors (Lipinski definition) is 4. The first-order valence-corrected chi connectivity index (χ1v) is 9.90. The first kappa shape index (κ1) is 21.3. The Hall–Kier alpha value is -3.41. The summed E-state index contributed by atoms with van der Waals surface area (Å²) in [5, 5.41) is 2.81. The van der Waals surface area contributed by atoms with Gasteiger partial charge in [-0.05, 0) is 55.2 Å². The first-order chi connectivity index (χ1) is 14.3. The largest absolute Gasteiger partial charge is 0.452 e. The highest BCUT2D eigenvalue weighted by atomic mass is 16.5. The van der Waals surface area contributed by atoms with E-state index in [1.165, 1.54) is 18.7 Å². The average Bonchev–Trinajstić information content (AvgIpc) is 2.70. The van der Waals surface area contributed by atoms with Gasteiger partial charge in [0.1, 0.15) is 0 Å². The summed E-state index contributed by atoms with van der Waals surface area (Å²) in [6.45, 7) is 6.83. The molecule has 6 nitrogen and oxygen atoms in total. The molecule has 0 fully saturated rings. The number of benzene rings is 2. The molecule has 2 aromatic carbocycles. The second-order valence-corrected chi connectivity index (χ2v) is 7.53. The third kappa shape index (κ3) is 4.76. The molecule has 156 valence electrons. The average molecular weight is 406 g/mol. The molecule has 1 aliphatic heterocycles.